The topological polar surface area (TPSA) is 105 Å². The fourth-order valence-electron chi connectivity index (χ4n) is 1.60. The van der Waals surface area contributed by atoms with Gasteiger partial charge in [-0.2, -0.15) is 5.10 Å². The maximum atomic E-state index is 13.7. The van der Waals surface area contributed by atoms with Crippen LogP contribution < -0.4 is 0 Å². The second-order valence-electron chi connectivity index (χ2n) is 4.01. The summed E-state index contributed by atoms with van der Waals surface area (Å²) in [6.07, 6.45) is 1.29. The highest BCUT2D eigenvalue weighted by Gasteiger charge is 2.19. The van der Waals surface area contributed by atoms with Crippen LogP contribution in [0.3, 0.4) is 0 Å². The Morgan fingerprint density at radius 3 is 2.85 bits per heavy atom. The number of H-pyrrole nitrogens is 1. The first kappa shape index (κ1) is 13.6. The molecule has 0 aliphatic heterocycles. The summed E-state index contributed by atoms with van der Waals surface area (Å²) in [5.41, 5.74) is -0.644. The summed E-state index contributed by atoms with van der Waals surface area (Å²) < 4.78 is 13.7. The molecule has 0 saturated carbocycles. The van der Waals surface area contributed by atoms with Crippen molar-refractivity contribution in [2.45, 2.75) is 6.54 Å². The molecule has 0 radical (unpaired) electrons. The number of nitro groups is 1. The third kappa shape index (κ3) is 2.76. The first-order chi connectivity index (χ1) is 9.49. The number of hydrogen-bond acceptors (Lipinski definition) is 5. The molecule has 1 heterocycles. The molecule has 104 valence electrons. The summed E-state index contributed by atoms with van der Waals surface area (Å²) in [7, 11) is 1.46. The van der Waals surface area contributed by atoms with Crippen LogP contribution in [-0.4, -0.2) is 38.0 Å². The zero-order valence-electron chi connectivity index (χ0n) is 10.4. The molecule has 0 spiro atoms. The molecule has 0 bridgehead atoms. The fraction of sp³-hybridized carbons (Fsp3) is 0.182. The standard InChI is InChI=1S/C11H10FN5O3/c1-16(5-10-13-6-14-15-10)11(18)8-3-2-7(17(19)20)4-9(8)12/h2-4,6H,5H2,1H3,(H,13,14,15). The van der Waals surface area contributed by atoms with Crippen LogP contribution in [-0.2, 0) is 6.54 Å². The molecule has 0 aliphatic rings. The molecule has 0 unspecified atom stereocenters. The molecular weight excluding hydrogens is 269 g/mol. The van der Waals surface area contributed by atoms with Gasteiger partial charge in [-0.1, -0.05) is 0 Å². The number of halogens is 1. The monoisotopic (exact) mass is 279 g/mol. The van der Waals surface area contributed by atoms with E-state index in [1.54, 1.807) is 0 Å². The number of carbonyl (C=O) groups is 1. The predicted octanol–water partition coefficient (Wildman–Crippen LogP) is 1.12. The average molecular weight is 279 g/mol. The van der Waals surface area contributed by atoms with E-state index in [0.717, 1.165) is 18.2 Å². The molecule has 1 aromatic carbocycles. The van der Waals surface area contributed by atoms with Crippen molar-refractivity contribution in [3.8, 4) is 0 Å². The molecule has 1 aromatic heterocycles. The van der Waals surface area contributed by atoms with Crippen LogP contribution in [0.25, 0.3) is 0 Å². The number of carbonyl (C=O) groups excluding carboxylic acids is 1. The minimum absolute atomic E-state index is 0.120. The van der Waals surface area contributed by atoms with Crippen LogP contribution in [0.1, 0.15) is 16.2 Å². The highest BCUT2D eigenvalue weighted by molar-refractivity contribution is 5.94. The van der Waals surface area contributed by atoms with Gasteiger partial charge in [-0.25, -0.2) is 9.37 Å². The minimum Gasteiger partial charge on any atom is -0.334 e. The van der Waals surface area contributed by atoms with E-state index in [1.807, 2.05) is 0 Å². The highest BCUT2D eigenvalue weighted by atomic mass is 19.1. The molecular formula is C11H10FN5O3. The van der Waals surface area contributed by atoms with E-state index in [0.29, 0.717) is 5.82 Å². The third-order valence-corrected chi connectivity index (χ3v) is 2.59. The molecule has 0 aliphatic carbocycles. The molecule has 0 fully saturated rings. The van der Waals surface area contributed by atoms with Gasteiger partial charge in [0.2, 0.25) is 0 Å². The number of nitrogens with one attached hydrogen (secondary N) is 1. The van der Waals surface area contributed by atoms with Crippen LogP contribution in [0.5, 0.6) is 0 Å². The smallest absolute Gasteiger partial charge is 0.272 e. The van der Waals surface area contributed by atoms with E-state index in [2.05, 4.69) is 15.2 Å². The van der Waals surface area contributed by atoms with E-state index in [-0.39, 0.29) is 12.1 Å². The molecule has 0 saturated heterocycles. The number of hydrogen-bond donors (Lipinski definition) is 1. The Labute approximate surface area is 112 Å². The van der Waals surface area contributed by atoms with Crippen molar-refractivity contribution < 1.29 is 14.1 Å². The normalized spacial score (nSPS) is 10.3. The number of aromatic amines is 1. The van der Waals surface area contributed by atoms with Gasteiger partial charge < -0.3 is 4.90 Å². The molecule has 9 heteroatoms. The van der Waals surface area contributed by atoms with Gasteiger partial charge in [0, 0.05) is 13.1 Å². The lowest BCUT2D eigenvalue weighted by atomic mass is 10.1. The Bertz CT molecular complexity index is 644. The first-order valence-corrected chi connectivity index (χ1v) is 5.52. The second kappa shape index (κ2) is 5.43. The molecule has 1 amide bonds. The van der Waals surface area contributed by atoms with Gasteiger partial charge in [-0.15, -0.1) is 0 Å². The van der Waals surface area contributed by atoms with Gasteiger partial charge in [0.15, 0.2) is 0 Å². The van der Waals surface area contributed by atoms with Crippen LogP contribution in [0.4, 0.5) is 10.1 Å². The summed E-state index contributed by atoms with van der Waals surface area (Å²) in [4.78, 5) is 26.9. The summed E-state index contributed by atoms with van der Waals surface area (Å²) in [5.74, 6) is -1.09. The van der Waals surface area contributed by atoms with E-state index in [9.17, 15) is 19.3 Å². The van der Waals surface area contributed by atoms with E-state index in [1.165, 1.54) is 18.3 Å². The molecule has 1 N–H and O–H groups in total. The second-order valence-corrected chi connectivity index (χ2v) is 4.01. The number of benzene rings is 1. The van der Waals surface area contributed by atoms with Crippen molar-refractivity contribution in [2.24, 2.45) is 0 Å². The Hall–Kier alpha value is -2.84. The van der Waals surface area contributed by atoms with Gasteiger partial charge in [0.25, 0.3) is 11.6 Å². The Morgan fingerprint density at radius 2 is 2.30 bits per heavy atom. The zero-order chi connectivity index (χ0) is 14.7. The molecule has 0 atom stereocenters. The maximum absolute atomic E-state index is 13.7. The lowest BCUT2D eigenvalue weighted by Gasteiger charge is -2.15. The Balaban J connectivity index is 2.18. The van der Waals surface area contributed by atoms with Gasteiger partial charge in [-0.05, 0) is 6.07 Å². The fourth-order valence-corrected chi connectivity index (χ4v) is 1.60. The van der Waals surface area contributed by atoms with Crippen molar-refractivity contribution in [3.05, 3.63) is 51.8 Å². The number of rotatable bonds is 4. The van der Waals surface area contributed by atoms with Gasteiger partial charge in [0.05, 0.1) is 23.1 Å². The van der Waals surface area contributed by atoms with Crippen LogP contribution in [0, 0.1) is 15.9 Å². The summed E-state index contributed by atoms with van der Waals surface area (Å²) in [6.45, 7) is 0.120. The number of nitrogens with zero attached hydrogens (tertiary/aromatic N) is 4. The summed E-state index contributed by atoms with van der Waals surface area (Å²) >= 11 is 0. The lowest BCUT2D eigenvalue weighted by Crippen LogP contribution is -2.27. The molecule has 20 heavy (non-hydrogen) atoms. The van der Waals surface area contributed by atoms with E-state index < -0.39 is 22.3 Å². The van der Waals surface area contributed by atoms with Crippen LogP contribution in [0.15, 0.2) is 24.5 Å². The summed E-state index contributed by atoms with van der Waals surface area (Å²) in [6, 6.07) is 2.89. The molecule has 2 aromatic rings. The Kier molecular flexibility index (Phi) is 3.69. The predicted molar refractivity (Wildman–Crippen MR) is 65.2 cm³/mol. The molecule has 2 rings (SSSR count). The maximum Gasteiger partial charge on any atom is 0.272 e. The number of nitro benzene ring substituents is 1. The zero-order valence-corrected chi connectivity index (χ0v) is 10.4. The van der Waals surface area contributed by atoms with Gasteiger partial charge in [0.1, 0.15) is 18.0 Å². The highest BCUT2D eigenvalue weighted by Crippen LogP contribution is 2.18. The van der Waals surface area contributed by atoms with Gasteiger partial charge in [-0.3, -0.25) is 20.0 Å². The van der Waals surface area contributed by atoms with E-state index in [4.69, 9.17) is 0 Å². The van der Waals surface area contributed by atoms with Crippen LogP contribution in [0.2, 0.25) is 0 Å². The summed E-state index contributed by atoms with van der Waals surface area (Å²) in [5, 5.41) is 16.7. The average Bonchev–Trinajstić information content (AvgIpc) is 2.90. The first-order valence-electron chi connectivity index (χ1n) is 5.52. The number of aromatic nitrogens is 3. The SMILES string of the molecule is CN(Cc1ncn[nH]1)C(=O)c1ccc([N+](=O)[O-])cc1F. The Morgan fingerprint density at radius 1 is 1.55 bits per heavy atom. The molecule has 8 nitrogen and oxygen atoms in total. The minimum atomic E-state index is -0.936. The van der Waals surface area contributed by atoms with Gasteiger partial charge >= 0.3 is 0 Å². The van der Waals surface area contributed by atoms with E-state index >= 15 is 0 Å². The lowest BCUT2D eigenvalue weighted by molar-refractivity contribution is -0.385. The quantitative estimate of drug-likeness (QED) is 0.667. The van der Waals surface area contributed by atoms with Crippen molar-refractivity contribution in [3.63, 3.8) is 0 Å². The van der Waals surface area contributed by atoms with Crippen molar-refractivity contribution >= 4 is 11.6 Å². The van der Waals surface area contributed by atoms with Crippen molar-refractivity contribution in [1.29, 1.82) is 0 Å². The number of non-ortho nitro benzene ring substituents is 1. The van der Waals surface area contributed by atoms with Crippen molar-refractivity contribution in [2.75, 3.05) is 7.05 Å². The van der Waals surface area contributed by atoms with Crippen LogP contribution >= 0.6 is 0 Å². The number of amides is 1. The largest absolute Gasteiger partial charge is 0.334 e. The third-order valence-electron chi connectivity index (χ3n) is 2.59. The van der Waals surface area contributed by atoms with Crippen molar-refractivity contribution in [1.82, 2.24) is 20.1 Å².